The Morgan fingerprint density at radius 1 is 1.43 bits per heavy atom. The second-order valence-corrected chi connectivity index (χ2v) is 6.50. The summed E-state index contributed by atoms with van der Waals surface area (Å²) in [6.07, 6.45) is 0.940. The molecule has 1 aliphatic heterocycles. The smallest absolute Gasteiger partial charge is 0.256 e. The molecular weight excluding hydrogens is 304 g/mol. The number of nitrogens with zero attached hydrogens (tertiary/aromatic N) is 1. The summed E-state index contributed by atoms with van der Waals surface area (Å²) < 4.78 is 0. The Kier molecular flexibility index (Phi) is 4.17. The highest BCUT2D eigenvalue weighted by Gasteiger charge is 2.24. The van der Waals surface area contributed by atoms with Crippen LogP contribution in [0.3, 0.4) is 0 Å². The number of hydrogen-bond acceptors (Lipinski definition) is 3. The number of carbonyl (C=O) groups excluding carboxylic acids is 1. The van der Waals surface area contributed by atoms with Crippen molar-refractivity contribution >= 4 is 34.5 Å². The van der Waals surface area contributed by atoms with Gasteiger partial charge in [0, 0.05) is 35.2 Å². The van der Waals surface area contributed by atoms with Gasteiger partial charge in [-0.3, -0.25) is 4.79 Å². The summed E-state index contributed by atoms with van der Waals surface area (Å²) >= 11 is 7.84. The standard InChI is InChI=1S/C16H17ClN2OS/c1-2-18-14-4-3-12(17)9-13(14)16(20)19-7-5-15-11(10-19)6-8-21-15/h3-4,6,8-9,18H,2,5,7,10H2,1H3. The Bertz CT molecular complexity index is 668. The van der Waals surface area contributed by atoms with Crippen LogP contribution < -0.4 is 5.32 Å². The quantitative estimate of drug-likeness (QED) is 0.926. The van der Waals surface area contributed by atoms with Crippen LogP contribution in [0.25, 0.3) is 0 Å². The van der Waals surface area contributed by atoms with Crippen LogP contribution in [0.15, 0.2) is 29.6 Å². The predicted octanol–water partition coefficient (Wildman–Crippen LogP) is 4.03. The Labute approximate surface area is 133 Å². The van der Waals surface area contributed by atoms with Gasteiger partial charge >= 0.3 is 0 Å². The molecule has 1 aromatic carbocycles. The number of rotatable bonds is 3. The topological polar surface area (TPSA) is 32.3 Å². The monoisotopic (exact) mass is 320 g/mol. The fourth-order valence-corrected chi connectivity index (χ4v) is 3.69. The van der Waals surface area contributed by atoms with Crippen molar-refractivity contribution in [3.05, 3.63) is 50.7 Å². The second kappa shape index (κ2) is 6.08. The molecule has 110 valence electrons. The maximum absolute atomic E-state index is 12.8. The first kappa shape index (κ1) is 14.4. The van der Waals surface area contributed by atoms with Gasteiger partial charge in [-0.15, -0.1) is 11.3 Å². The molecule has 5 heteroatoms. The molecule has 1 aliphatic rings. The third-order valence-electron chi connectivity index (χ3n) is 3.67. The van der Waals surface area contributed by atoms with Gasteiger partial charge in [0.1, 0.15) is 0 Å². The van der Waals surface area contributed by atoms with Gasteiger partial charge in [-0.05, 0) is 48.6 Å². The molecule has 0 saturated heterocycles. The Morgan fingerprint density at radius 2 is 2.29 bits per heavy atom. The van der Waals surface area contributed by atoms with Crippen molar-refractivity contribution in [2.75, 3.05) is 18.4 Å². The number of amides is 1. The minimum atomic E-state index is 0.0466. The second-order valence-electron chi connectivity index (χ2n) is 5.07. The summed E-state index contributed by atoms with van der Waals surface area (Å²) in [5.41, 5.74) is 2.78. The van der Waals surface area contributed by atoms with E-state index in [1.807, 2.05) is 24.0 Å². The van der Waals surface area contributed by atoms with E-state index < -0.39 is 0 Å². The number of hydrogen-bond donors (Lipinski definition) is 1. The Balaban J connectivity index is 1.87. The molecule has 0 saturated carbocycles. The third kappa shape index (κ3) is 2.92. The molecule has 0 unspecified atom stereocenters. The largest absolute Gasteiger partial charge is 0.385 e. The van der Waals surface area contributed by atoms with Gasteiger partial charge < -0.3 is 10.2 Å². The number of fused-ring (bicyclic) bond motifs is 1. The zero-order valence-corrected chi connectivity index (χ0v) is 13.4. The van der Waals surface area contributed by atoms with E-state index in [2.05, 4.69) is 16.8 Å². The maximum Gasteiger partial charge on any atom is 0.256 e. The van der Waals surface area contributed by atoms with Gasteiger partial charge in [-0.2, -0.15) is 0 Å². The van der Waals surface area contributed by atoms with E-state index in [-0.39, 0.29) is 5.91 Å². The van der Waals surface area contributed by atoms with E-state index in [4.69, 9.17) is 11.6 Å². The lowest BCUT2D eigenvalue weighted by molar-refractivity contribution is 0.0737. The van der Waals surface area contributed by atoms with Crippen molar-refractivity contribution < 1.29 is 4.79 Å². The minimum absolute atomic E-state index is 0.0466. The lowest BCUT2D eigenvalue weighted by Crippen LogP contribution is -2.35. The Morgan fingerprint density at radius 3 is 3.10 bits per heavy atom. The van der Waals surface area contributed by atoms with Crippen molar-refractivity contribution in [1.29, 1.82) is 0 Å². The van der Waals surface area contributed by atoms with Gasteiger partial charge in [-0.1, -0.05) is 11.6 Å². The number of anilines is 1. The maximum atomic E-state index is 12.8. The molecule has 1 amide bonds. The van der Waals surface area contributed by atoms with E-state index in [0.29, 0.717) is 17.1 Å². The number of thiophene rings is 1. The fourth-order valence-electron chi connectivity index (χ4n) is 2.63. The molecule has 2 heterocycles. The third-order valence-corrected chi connectivity index (χ3v) is 4.93. The van der Waals surface area contributed by atoms with Crippen molar-refractivity contribution in [3.8, 4) is 0 Å². The molecule has 21 heavy (non-hydrogen) atoms. The lowest BCUT2D eigenvalue weighted by atomic mass is 10.1. The van der Waals surface area contributed by atoms with Crippen LogP contribution in [0.4, 0.5) is 5.69 Å². The summed E-state index contributed by atoms with van der Waals surface area (Å²) in [6.45, 7) is 4.25. The summed E-state index contributed by atoms with van der Waals surface area (Å²) in [5, 5.41) is 5.92. The summed E-state index contributed by atoms with van der Waals surface area (Å²) in [4.78, 5) is 16.1. The normalized spacial score (nSPS) is 13.9. The van der Waals surface area contributed by atoms with Crippen molar-refractivity contribution in [1.82, 2.24) is 4.90 Å². The molecule has 0 atom stereocenters. The van der Waals surface area contributed by atoms with Crippen molar-refractivity contribution in [2.45, 2.75) is 19.9 Å². The van der Waals surface area contributed by atoms with Crippen molar-refractivity contribution in [2.24, 2.45) is 0 Å². The summed E-state index contributed by atoms with van der Waals surface area (Å²) in [5.74, 6) is 0.0466. The molecule has 0 spiro atoms. The van der Waals surface area contributed by atoms with E-state index in [1.54, 1.807) is 17.4 Å². The molecular formula is C16H17ClN2OS. The first-order valence-electron chi connectivity index (χ1n) is 7.07. The highest BCUT2D eigenvalue weighted by atomic mass is 35.5. The van der Waals surface area contributed by atoms with Crippen LogP contribution >= 0.6 is 22.9 Å². The molecule has 0 bridgehead atoms. The highest BCUT2D eigenvalue weighted by Crippen LogP contribution is 2.27. The van der Waals surface area contributed by atoms with Gasteiger partial charge in [-0.25, -0.2) is 0 Å². The van der Waals surface area contributed by atoms with Gasteiger partial charge in [0.15, 0.2) is 0 Å². The van der Waals surface area contributed by atoms with Crippen LogP contribution in [0.2, 0.25) is 5.02 Å². The first-order valence-corrected chi connectivity index (χ1v) is 8.32. The predicted molar refractivity (Wildman–Crippen MR) is 88.4 cm³/mol. The minimum Gasteiger partial charge on any atom is -0.385 e. The fraction of sp³-hybridized carbons (Fsp3) is 0.312. The molecule has 3 nitrogen and oxygen atoms in total. The van der Waals surface area contributed by atoms with Gasteiger partial charge in [0.25, 0.3) is 5.91 Å². The molecule has 3 rings (SSSR count). The van der Waals surface area contributed by atoms with Crippen LogP contribution in [-0.4, -0.2) is 23.9 Å². The number of benzene rings is 1. The molecule has 1 N–H and O–H groups in total. The molecule has 2 aromatic rings. The molecule has 0 fully saturated rings. The Hall–Kier alpha value is -1.52. The van der Waals surface area contributed by atoms with Crippen LogP contribution in [-0.2, 0) is 13.0 Å². The summed E-state index contributed by atoms with van der Waals surface area (Å²) in [6, 6.07) is 7.55. The molecule has 0 radical (unpaired) electrons. The zero-order valence-electron chi connectivity index (χ0n) is 11.9. The molecule has 1 aromatic heterocycles. The van der Waals surface area contributed by atoms with E-state index >= 15 is 0 Å². The highest BCUT2D eigenvalue weighted by molar-refractivity contribution is 7.10. The zero-order chi connectivity index (χ0) is 14.8. The first-order chi connectivity index (χ1) is 10.2. The van der Waals surface area contributed by atoms with Crippen molar-refractivity contribution in [3.63, 3.8) is 0 Å². The number of halogens is 1. The van der Waals surface area contributed by atoms with E-state index in [1.165, 1.54) is 10.4 Å². The average molecular weight is 321 g/mol. The average Bonchev–Trinajstić information content (AvgIpc) is 2.96. The van der Waals surface area contributed by atoms with Crippen LogP contribution in [0.5, 0.6) is 0 Å². The number of nitrogens with one attached hydrogen (secondary N) is 1. The van der Waals surface area contributed by atoms with Gasteiger partial charge in [0.2, 0.25) is 0 Å². The van der Waals surface area contributed by atoms with Crippen LogP contribution in [0, 0.1) is 0 Å². The van der Waals surface area contributed by atoms with E-state index in [9.17, 15) is 4.79 Å². The van der Waals surface area contributed by atoms with Crippen LogP contribution in [0.1, 0.15) is 27.7 Å². The molecule has 0 aliphatic carbocycles. The SMILES string of the molecule is CCNc1ccc(Cl)cc1C(=O)N1CCc2sccc2C1. The summed E-state index contributed by atoms with van der Waals surface area (Å²) in [7, 11) is 0. The number of carbonyl (C=O) groups is 1. The lowest BCUT2D eigenvalue weighted by Gasteiger charge is -2.28. The van der Waals surface area contributed by atoms with Gasteiger partial charge in [0.05, 0.1) is 5.56 Å². The van der Waals surface area contributed by atoms with E-state index in [0.717, 1.165) is 25.2 Å².